The molecule has 1 fully saturated rings. The largest absolute Gasteiger partial charge is 0.416 e. The lowest BCUT2D eigenvalue weighted by Gasteiger charge is -2.32. The molecule has 1 aromatic rings. The molecule has 2 amide bonds. The van der Waals surface area contributed by atoms with Crippen LogP contribution in [-0.2, 0) is 22.3 Å². The monoisotopic (exact) mass is 399 g/mol. The number of rotatable bonds is 7. The zero-order valence-corrected chi connectivity index (χ0v) is 16.3. The van der Waals surface area contributed by atoms with Gasteiger partial charge in [-0.05, 0) is 30.9 Å². The Labute approximate surface area is 163 Å². The summed E-state index contributed by atoms with van der Waals surface area (Å²) in [5, 5.41) is 5.54. The Balaban J connectivity index is 1.74. The minimum Gasteiger partial charge on any atom is -0.352 e. The maximum absolute atomic E-state index is 12.8. The van der Waals surface area contributed by atoms with Gasteiger partial charge in [0.1, 0.15) is 0 Å². The lowest BCUT2D eigenvalue weighted by molar-refractivity contribution is -0.137. The van der Waals surface area contributed by atoms with Crippen LogP contribution in [0.15, 0.2) is 24.3 Å². The SMILES string of the molecule is CCC(C)C(=O)NCC(=O)NC1CCN(Cc2cccc(C(F)(F)F)c2)CC1. The minimum absolute atomic E-state index is 0.0192. The number of halogens is 3. The van der Waals surface area contributed by atoms with Crippen molar-refractivity contribution in [1.82, 2.24) is 15.5 Å². The van der Waals surface area contributed by atoms with E-state index >= 15 is 0 Å². The van der Waals surface area contributed by atoms with Crippen LogP contribution in [0.25, 0.3) is 0 Å². The molecule has 1 unspecified atom stereocenters. The van der Waals surface area contributed by atoms with Gasteiger partial charge in [0.25, 0.3) is 0 Å². The lowest BCUT2D eigenvalue weighted by Crippen LogP contribution is -2.47. The van der Waals surface area contributed by atoms with E-state index in [1.807, 2.05) is 13.8 Å². The third-order valence-corrected chi connectivity index (χ3v) is 5.10. The molecule has 1 atom stereocenters. The highest BCUT2D eigenvalue weighted by Gasteiger charge is 2.30. The van der Waals surface area contributed by atoms with E-state index in [9.17, 15) is 22.8 Å². The molecule has 0 aromatic heterocycles. The summed E-state index contributed by atoms with van der Waals surface area (Å²) in [4.78, 5) is 25.8. The second-order valence-corrected chi connectivity index (χ2v) is 7.34. The summed E-state index contributed by atoms with van der Waals surface area (Å²) < 4.78 is 38.4. The van der Waals surface area contributed by atoms with Gasteiger partial charge in [-0.25, -0.2) is 0 Å². The highest BCUT2D eigenvalue weighted by Crippen LogP contribution is 2.30. The Morgan fingerprint density at radius 2 is 1.93 bits per heavy atom. The van der Waals surface area contributed by atoms with Gasteiger partial charge < -0.3 is 10.6 Å². The Hall–Kier alpha value is -2.09. The first-order valence-corrected chi connectivity index (χ1v) is 9.64. The van der Waals surface area contributed by atoms with Gasteiger partial charge in [-0.2, -0.15) is 13.2 Å². The van der Waals surface area contributed by atoms with E-state index in [0.29, 0.717) is 25.2 Å². The van der Waals surface area contributed by atoms with Crippen molar-refractivity contribution in [3.05, 3.63) is 35.4 Å². The lowest BCUT2D eigenvalue weighted by atomic mass is 10.0. The van der Waals surface area contributed by atoms with Gasteiger partial charge in [0.15, 0.2) is 0 Å². The molecular formula is C20H28F3N3O2. The van der Waals surface area contributed by atoms with E-state index in [4.69, 9.17) is 0 Å². The molecule has 156 valence electrons. The molecule has 0 spiro atoms. The Morgan fingerprint density at radius 3 is 2.54 bits per heavy atom. The summed E-state index contributed by atoms with van der Waals surface area (Å²) in [6.45, 7) is 5.54. The van der Waals surface area contributed by atoms with Crippen LogP contribution in [0, 0.1) is 5.92 Å². The predicted octanol–water partition coefficient (Wildman–Crippen LogP) is 2.95. The molecule has 2 rings (SSSR count). The summed E-state index contributed by atoms with van der Waals surface area (Å²) in [5.41, 5.74) is -0.00310. The van der Waals surface area contributed by atoms with Gasteiger partial charge in [-0.3, -0.25) is 14.5 Å². The molecule has 0 aliphatic carbocycles. The van der Waals surface area contributed by atoms with Crippen LogP contribution < -0.4 is 10.6 Å². The zero-order valence-electron chi connectivity index (χ0n) is 16.3. The average molecular weight is 399 g/mol. The third kappa shape index (κ3) is 6.82. The second-order valence-electron chi connectivity index (χ2n) is 7.34. The van der Waals surface area contributed by atoms with Gasteiger partial charge in [0.05, 0.1) is 12.1 Å². The van der Waals surface area contributed by atoms with E-state index in [0.717, 1.165) is 25.3 Å². The molecule has 28 heavy (non-hydrogen) atoms. The molecule has 1 aliphatic rings. The molecule has 1 aliphatic heterocycles. The number of piperidine rings is 1. The summed E-state index contributed by atoms with van der Waals surface area (Å²) in [6, 6.07) is 5.41. The molecular weight excluding hydrogens is 371 g/mol. The van der Waals surface area contributed by atoms with E-state index < -0.39 is 11.7 Å². The Morgan fingerprint density at radius 1 is 1.25 bits per heavy atom. The topological polar surface area (TPSA) is 61.4 Å². The van der Waals surface area contributed by atoms with Gasteiger partial charge >= 0.3 is 6.18 Å². The van der Waals surface area contributed by atoms with Crippen molar-refractivity contribution >= 4 is 11.8 Å². The van der Waals surface area contributed by atoms with Crippen LogP contribution in [0.3, 0.4) is 0 Å². The van der Waals surface area contributed by atoms with Crippen molar-refractivity contribution in [2.24, 2.45) is 5.92 Å². The van der Waals surface area contributed by atoms with Crippen LogP contribution in [0.5, 0.6) is 0 Å². The quantitative estimate of drug-likeness (QED) is 0.741. The molecule has 8 heteroatoms. The summed E-state index contributed by atoms with van der Waals surface area (Å²) >= 11 is 0. The number of hydrogen-bond donors (Lipinski definition) is 2. The van der Waals surface area contributed by atoms with Crippen molar-refractivity contribution < 1.29 is 22.8 Å². The average Bonchev–Trinajstić information content (AvgIpc) is 2.66. The number of nitrogens with zero attached hydrogens (tertiary/aromatic N) is 1. The summed E-state index contributed by atoms with van der Waals surface area (Å²) in [7, 11) is 0. The highest BCUT2D eigenvalue weighted by molar-refractivity contribution is 5.85. The molecule has 0 radical (unpaired) electrons. The zero-order chi connectivity index (χ0) is 20.7. The first-order valence-electron chi connectivity index (χ1n) is 9.64. The predicted molar refractivity (Wildman–Crippen MR) is 100 cm³/mol. The number of alkyl halides is 3. The molecule has 2 N–H and O–H groups in total. The maximum Gasteiger partial charge on any atom is 0.416 e. The van der Waals surface area contributed by atoms with Crippen LogP contribution in [0.4, 0.5) is 13.2 Å². The number of amides is 2. The van der Waals surface area contributed by atoms with Crippen LogP contribution in [0.1, 0.15) is 44.2 Å². The van der Waals surface area contributed by atoms with Crippen molar-refractivity contribution in [1.29, 1.82) is 0 Å². The minimum atomic E-state index is -4.34. The standard InChI is InChI=1S/C20H28F3N3O2/c1-3-14(2)19(28)24-12-18(27)25-17-7-9-26(10-8-17)13-15-5-4-6-16(11-15)20(21,22)23/h4-6,11,14,17H,3,7-10,12-13H2,1-2H3,(H,24,28)(H,25,27). The third-order valence-electron chi connectivity index (χ3n) is 5.10. The van der Waals surface area contributed by atoms with E-state index in [2.05, 4.69) is 15.5 Å². The number of benzene rings is 1. The van der Waals surface area contributed by atoms with Crippen molar-refractivity contribution in [2.75, 3.05) is 19.6 Å². The molecule has 1 aromatic carbocycles. The number of likely N-dealkylation sites (tertiary alicyclic amines) is 1. The van der Waals surface area contributed by atoms with Crippen LogP contribution in [0.2, 0.25) is 0 Å². The smallest absolute Gasteiger partial charge is 0.352 e. The molecule has 1 heterocycles. The highest BCUT2D eigenvalue weighted by atomic mass is 19.4. The van der Waals surface area contributed by atoms with Gasteiger partial charge in [-0.1, -0.05) is 32.0 Å². The fourth-order valence-electron chi connectivity index (χ4n) is 3.15. The fourth-order valence-corrected chi connectivity index (χ4v) is 3.15. The number of carbonyl (C=O) groups is 2. The van der Waals surface area contributed by atoms with Crippen molar-refractivity contribution in [3.63, 3.8) is 0 Å². The van der Waals surface area contributed by atoms with Gasteiger partial charge in [0, 0.05) is 31.6 Å². The van der Waals surface area contributed by atoms with Crippen LogP contribution in [-0.4, -0.2) is 42.4 Å². The Kier molecular flexibility index (Phi) is 7.86. The molecule has 1 saturated heterocycles. The first kappa shape index (κ1) is 22.2. The molecule has 0 bridgehead atoms. The van der Waals surface area contributed by atoms with Crippen molar-refractivity contribution in [3.8, 4) is 0 Å². The number of hydrogen-bond acceptors (Lipinski definition) is 3. The fraction of sp³-hybridized carbons (Fsp3) is 0.600. The Bertz CT molecular complexity index is 671. The van der Waals surface area contributed by atoms with Gasteiger partial charge in [0.2, 0.25) is 11.8 Å². The van der Waals surface area contributed by atoms with E-state index in [1.165, 1.54) is 12.1 Å². The number of nitrogens with one attached hydrogen (secondary N) is 2. The van der Waals surface area contributed by atoms with Gasteiger partial charge in [-0.15, -0.1) is 0 Å². The second kappa shape index (κ2) is 9.91. The molecule has 5 nitrogen and oxygen atoms in total. The van der Waals surface area contributed by atoms with Crippen molar-refractivity contribution in [2.45, 2.75) is 51.9 Å². The van der Waals surface area contributed by atoms with E-state index in [-0.39, 0.29) is 30.3 Å². The van der Waals surface area contributed by atoms with E-state index in [1.54, 1.807) is 6.07 Å². The normalized spacial score (nSPS) is 17.2. The molecule has 0 saturated carbocycles. The number of carbonyl (C=O) groups excluding carboxylic acids is 2. The first-order chi connectivity index (χ1) is 13.2. The summed E-state index contributed by atoms with van der Waals surface area (Å²) in [5.74, 6) is -0.464. The summed E-state index contributed by atoms with van der Waals surface area (Å²) in [6.07, 6.45) is -2.16. The maximum atomic E-state index is 12.8. The van der Waals surface area contributed by atoms with Crippen LogP contribution >= 0.6 is 0 Å².